The average Bonchev–Trinajstić information content (AvgIpc) is 2.38. The quantitative estimate of drug-likeness (QED) is 0.232. The van der Waals surface area contributed by atoms with E-state index >= 15 is 0 Å². The van der Waals surface area contributed by atoms with Gasteiger partial charge in [0.1, 0.15) is 5.75 Å². The molecular formula is C11H16N2O3S. The van der Waals surface area contributed by atoms with Crippen molar-refractivity contribution in [3.8, 4) is 5.75 Å². The van der Waals surface area contributed by atoms with Crippen LogP contribution in [-0.2, 0) is 5.75 Å². The lowest BCUT2D eigenvalue weighted by Crippen LogP contribution is -2.14. The molecule has 0 atom stereocenters. The molecule has 0 aliphatic heterocycles. The lowest BCUT2D eigenvalue weighted by atomic mass is 10.1. The molecule has 0 unspecified atom stereocenters. The standard InChI is InChI=1S/C11H16N2O3S/c1-16-10-6-8(7-17-5-4-14)2-3-9(10)11(12)13-15/h2-3,6,14-15H,4-5,7H2,1H3,(H2,12,13). The highest BCUT2D eigenvalue weighted by molar-refractivity contribution is 7.98. The molecule has 1 aromatic rings. The van der Waals surface area contributed by atoms with Crippen LogP contribution in [0.2, 0.25) is 0 Å². The first-order valence-electron chi connectivity index (χ1n) is 5.06. The van der Waals surface area contributed by atoms with E-state index in [-0.39, 0.29) is 12.4 Å². The second kappa shape index (κ2) is 7.03. The molecule has 0 spiro atoms. The van der Waals surface area contributed by atoms with Crippen molar-refractivity contribution in [3.63, 3.8) is 0 Å². The Morgan fingerprint density at radius 1 is 1.53 bits per heavy atom. The summed E-state index contributed by atoms with van der Waals surface area (Å²) in [6.07, 6.45) is 0. The average molecular weight is 256 g/mol. The lowest BCUT2D eigenvalue weighted by Gasteiger charge is -2.09. The summed E-state index contributed by atoms with van der Waals surface area (Å²) in [6, 6.07) is 5.49. The second-order valence-corrected chi connectivity index (χ2v) is 4.40. The summed E-state index contributed by atoms with van der Waals surface area (Å²) in [5.41, 5.74) is 7.15. The van der Waals surface area contributed by atoms with Crippen molar-refractivity contribution in [1.82, 2.24) is 0 Å². The molecule has 0 aromatic heterocycles. The molecule has 0 bridgehead atoms. The number of nitrogens with zero attached hydrogens (tertiary/aromatic N) is 1. The SMILES string of the molecule is COc1cc(CSCCO)ccc1/C(N)=N/O. The van der Waals surface area contributed by atoms with Gasteiger partial charge >= 0.3 is 0 Å². The van der Waals surface area contributed by atoms with Crippen LogP contribution in [0.3, 0.4) is 0 Å². The number of amidine groups is 1. The monoisotopic (exact) mass is 256 g/mol. The molecule has 17 heavy (non-hydrogen) atoms. The third-order valence-electron chi connectivity index (χ3n) is 2.15. The van der Waals surface area contributed by atoms with Gasteiger partial charge in [-0.2, -0.15) is 11.8 Å². The topological polar surface area (TPSA) is 88.1 Å². The molecular weight excluding hydrogens is 240 g/mol. The number of aliphatic hydroxyl groups excluding tert-OH is 1. The number of hydrogen-bond acceptors (Lipinski definition) is 5. The van der Waals surface area contributed by atoms with E-state index in [4.69, 9.17) is 20.8 Å². The third-order valence-corrected chi connectivity index (χ3v) is 3.16. The van der Waals surface area contributed by atoms with Gasteiger partial charge in [0.05, 0.1) is 19.3 Å². The molecule has 0 aliphatic rings. The number of methoxy groups -OCH3 is 1. The summed E-state index contributed by atoms with van der Waals surface area (Å²) in [5, 5.41) is 20.3. The van der Waals surface area contributed by atoms with E-state index in [1.807, 2.05) is 12.1 Å². The van der Waals surface area contributed by atoms with E-state index in [0.29, 0.717) is 17.1 Å². The number of benzene rings is 1. The van der Waals surface area contributed by atoms with Gasteiger partial charge in [-0.3, -0.25) is 0 Å². The molecule has 1 aromatic carbocycles. The third kappa shape index (κ3) is 3.83. The van der Waals surface area contributed by atoms with Crippen molar-refractivity contribution in [2.24, 2.45) is 10.9 Å². The first-order valence-corrected chi connectivity index (χ1v) is 6.21. The fourth-order valence-electron chi connectivity index (χ4n) is 1.35. The van der Waals surface area contributed by atoms with Crippen molar-refractivity contribution >= 4 is 17.6 Å². The van der Waals surface area contributed by atoms with Gasteiger partial charge in [0.15, 0.2) is 5.84 Å². The van der Waals surface area contributed by atoms with Crippen molar-refractivity contribution in [1.29, 1.82) is 0 Å². The molecule has 0 radical (unpaired) electrons. The molecule has 0 fully saturated rings. The Hall–Kier alpha value is -1.40. The van der Waals surface area contributed by atoms with Gasteiger partial charge in [-0.15, -0.1) is 0 Å². The molecule has 1 rings (SSSR count). The van der Waals surface area contributed by atoms with E-state index in [1.54, 1.807) is 17.8 Å². The number of hydrogen-bond donors (Lipinski definition) is 3. The Kier molecular flexibility index (Phi) is 5.65. The Morgan fingerprint density at radius 2 is 2.29 bits per heavy atom. The van der Waals surface area contributed by atoms with Gasteiger partial charge in [-0.25, -0.2) is 0 Å². The molecule has 94 valence electrons. The van der Waals surface area contributed by atoms with Gasteiger partial charge in [0.25, 0.3) is 0 Å². The minimum absolute atomic E-state index is 0.0245. The van der Waals surface area contributed by atoms with Crippen LogP contribution in [0.5, 0.6) is 5.75 Å². The number of rotatable bonds is 6. The fraction of sp³-hybridized carbons (Fsp3) is 0.364. The van der Waals surface area contributed by atoms with Crippen molar-refractivity contribution in [2.75, 3.05) is 19.5 Å². The molecule has 0 aliphatic carbocycles. The smallest absolute Gasteiger partial charge is 0.173 e. The predicted molar refractivity (Wildman–Crippen MR) is 68.8 cm³/mol. The van der Waals surface area contributed by atoms with Crippen LogP contribution < -0.4 is 10.5 Å². The Bertz CT molecular complexity index is 396. The van der Waals surface area contributed by atoms with Gasteiger partial charge in [-0.05, 0) is 17.7 Å². The summed E-state index contributed by atoms with van der Waals surface area (Å²) in [5.74, 6) is 2.08. The zero-order chi connectivity index (χ0) is 12.7. The zero-order valence-corrected chi connectivity index (χ0v) is 10.4. The molecule has 6 heteroatoms. The van der Waals surface area contributed by atoms with Crippen molar-refractivity contribution in [2.45, 2.75) is 5.75 Å². The van der Waals surface area contributed by atoms with E-state index in [9.17, 15) is 0 Å². The molecule has 5 nitrogen and oxygen atoms in total. The maximum Gasteiger partial charge on any atom is 0.173 e. The number of aliphatic hydroxyl groups is 1. The molecule has 0 saturated carbocycles. The molecule has 0 amide bonds. The summed E-state index contributed by atoms with van der Waals surface area (Å²) in [7, 11) is 1.54. The van der Waals surface area contributed by atoms with Crippen LogP contribution in [-0.4, -0.2) is 35.6 Å². The first kappa shape index (κ1) is 13.7. The summed E-state index contributed by atoms with van der Waals surface area (Å²) in [4.78, 5) is 0. The van der Waals surface area contributed by atoms with Crippen LogP contribution in [0.15, 0.2) is 23.4 Å². The summed E-state index contributed by atoms with van der Waals surface area (Å²) >= 11 is 1.63. The summed E-state index contributed by atoms with van der Waals surface area (Å²) in [6.45, 7) is 0.171. The van der Waals surface area contributed by atoms with Crippen LogP contribution in [0.4, 0.5) is 0 Å². The van der Waals surface area contributed by atoms with E-state index in [0.717, 1.165) is 11.3 Å². The Morgan fingerprint density at radius 3 is 2.88 bits per heavy atom. The second-order valence-electron chi connectivity index (χ2n) is 3.30. The molecule has 0 heterocycles. The highest BCUT2D eigenvalue weighted by atomic mass is 32.2. The fourth-order valence-corrected chi connectivity index (χ4v) is 2.03. The van der Waals surface area contributed by atoms with E-state index in [2.05, 4.69) is 5.16 Å². The Balaban J connectivity index is 2.85. The minimum atomic E-state index is 0.0245. The Labute approximate surface area is 104 Å². The highest BCUT2D eigenvalue weighted by Gasteiger charge is 2.08. The zero-order valence-electron chi connectivity index (χ0n) is 9.59. The maximum atomic E-state index is 8.69. The van der Waals surface area contributed by atoms with Gasteiger partial charge in [0, 0.05) is 11.5 Å². The van der Waals surface area contributed by atoms with Crippen LogP contribution in [0.1, 0.15) is 11.1 Å². The lowest BCUT2D eigenvalue weighted by molar-refractivity contribution is 0.318. The minimum Gasteiger partial charge on any atom is -0.496 e. The van der Waals surface area contributed by atoms with Gasteiger partial charge in [0.2, 0.25) is 0 Å². The largest absolute Gasteiger partial charge is 0.496 e. The number of thioether (sulfide) groups is 1. The predicted octanol–water partition coefficient (Wildman–Crippen LogP) is 1.02. The van der Waals surface area contributed by atoms with E-state index < -0.39 is 0 Å². The first-order chi connectivity index (χ1) is 8.22. The van der Waals surface area contributed by atoms with Crippen LogP contribution in [0, 0.1) is 0 Å². The van der Waals surface area contributed by atoms with Crippen LogP contribution in [0.25, 0.3) is 0 Å². The number of oxime groups is 1. The number of nitrogens with two attached hydrogens (primary N) is 1. The van der Waals surface area contributed by atoms with E-state index in [1.165, 1.54) is 7.11 Å². The maximum absolute atomic E-state index is 8.69. The highest BCUT2D eigenvalue weighted by Crippen LogP contribution is 2.22. The van der Waals surface area contributed by atoms with Crippen LogP contribution >= 0.6 is 11.8 Å². The molecule has 0 saturated heterocycles. The van der Waals surface area contributed by atoms with Crippen molar-refractivity contribution in [3.05, 3.63) is 29.3 Å². The number of ether oxygens (including phenoxy) is 1. The normalized spacial score (nSPS) is 11.5. The van der Waals surface area contributed by atoms with Crippen molar-refractivity contribution < 1.29 is 15.1 Å². The van der Waals surface area contributed by atoms with Gasteiger partial charge in [-0.1, -0.05) is 11.2 Å². The summed E-state index contributed by atoms with van der Waals surface area (Å²) < 4.78 is 5.18. The molecule has 4 N–H and O–H groups in total. The van der Waals surface area contributed by atoms with Gasteiger partial charge < -0.3 is 20.8 Å².